The molecule has 6 rings (SSSR count). The number of aliphatic hydroxyl groups is 2. The van der Waals surface area contributed by atoms with Crippen molar-refractivity contribution in [3.63, 3.8) is 0 Å². The molecule has 3 fully saturated rings. The van der Waals surface area contributed by atoms with Gasteiger partial charge in [-0.05, 0) is 78.2 Å². The zero-order valence-electron chi connectivity index (χ0n) is 21.1. The first-order chi connectivity index (χ1) is 16.0. The number of rotatable bonds is 2. The van der Waals surface area contributed by atoms with Crippen LogP contribution in [-0.4, -0.2) is 40.6 Å². The van der Waals surface area contributed by atoms with E-state index in [-0.39, 0.29) is 42.0 Å². The van der Waals surface area contributed by atoms with Crippen LogP contribution in [0.3, 0.4) is 0 Å². The highest BCUT2D eigenvalue weighted by Crippen LogP contribution is 2.70. The zero-order valence-corrected chi connectivity index (χ0v) is 21.1. The van der Waals surface area contributed by atoms with Crippen molar-refractivity contribution >= 4 is 5.97 Å². The van der Waals surface area contributed by atoms with Crippen LogP contribution in [0.4, 0.5) is 0 Å². The van der Waals surface area contributed by atoms with Crippen LogP contribution in [-0.2, 0) is 37.6 Å². The van der Waals surface area contributed by atoms with Gasteiger partial charge >= 0.3 is 5.97 Å². The van der Waals surface area contributed by atoms with E-state index in [4.69, 9.17) is 14.2 Å². The van der Waals surface area contributed by atoms with E-state index >= 15 is 0 Å². The Morgan fingerprint density at radius 3 is 2.59 bits per heavy atom. The van der Waals surface area contributed by atoms with Gasteiger partial charge in [-0.2, -0.15) is 0 Å². The van der Waals surface area contributed by atoms with Crippen molar-refractivity contribution < 1.29 is 29.2 Å². The average molecular weight is 471 g/mol. The monoisotopic (exact) mass is 470 g/mol. The van der Waals surface area contributed by atoms with E-state index < -0.39 is 23.4 Å². The lowest BCUT2D eigenvalue weighted by Crippen LogP contribution is -2.68. The van der Waals surface area contributed by atoms with Crippen LogP contribution in [0.15, 0.2) is 6.07 Å². The van der Waals surface area contributed by atoms with Crippen molar-refractivity contribution in [2.75, 3.05) is 0 Å². The lowest BCUT2D eigenvalue weighted by molar-refractivity contribution is -0.354. The van der Waals surface area contributed by atoms with Crippen LogP contribution in [0.1, 0.15) is 81.4 Å². The highest BCUT2D eigenvalue weighted by molar-refractivity contribution is 5.72. The Labute approximate surface area is 202 Å². The molecule has 1 aromatic carbocycles. The topological polar surface area (TPSA) is 85.2 Å². The standard InChI is InChI=1S/C28H38O6/c1-12(2)13(3)24-25-15(5)19-11-21(30)32-26-23(31)22-14(4)18-8-7-17(29)9-16(18)10-20(22)28(33-24,34-25)27(19,26)6/h10,12-13,15,17,19,23-26,29,31H,7-9,11H2,1-6H3/t13-,15+,17+,19-,23-,24-,25-,26+,27+,28+/m1/s1. The summed E-state index contributed by atoms with van der Waals surface area (Å²) in [5, 5.41) is 22.2. The fourth-order valence-corrected chi connectivity index (χ4v) is 8.05. The first-order valence-corrected chi connectivity index (χ1v) is 13.1. The first kappa shape index (κ1) is 23.0. The minimum atomic E-state index is -1.09. The van der Waals surface area contributed by atoms with Gasteiger partial charge in [-0.3, -0.25) is 4.79 Å². The molecular formula is C28H38O6. The predicted octanol–water partition coefficient (Wildman–Crippen LogP) is 3.71. The molecule has 186 valence electrons. The van der Waals surface area contributed by atoms with Crippen LogP contribution in [0.2, 0.25) is 0 Å². The van der Waals surface area contributed by atoms with Crippen LogP contribution in [0.25, 0.3) is 0 Å². The van der Waals surface area contributed by atoms with Gasteiger partial charge in [0.15, 0.2) is 0 Å². The molecule has 0 amide bonds. The van der Waals surface area contributed by atoms with Crippen LogP contribution in [0.5, 0.6) is 0 Å². The van der Waals surface area contributed by atoms with Crippen LogP contribution < -0.4 is 0 Å². The summed E-state index contributed by atoms with van der Waals surface area (Å²) in [6.07, 6.45) is 0.125. The highest BCUT2D eigenvalue weighted by atomic mass is 16.8. The molecule has 3 saturated heterocycles. The number of aliphatic hydroxyl groups excluding tert-OH is 2. The van der Waals surface area contributed by atoms with Crippen molar-refractivity contribution in [3.05, 3.63) is 33.9 Å². The normalized spacial score (nSPS) is 45.3. The van der Waals surface area contributed by atoms with Gasteiger partial charge in [0, 0.05) is 12.0 Å². The summed E-state index contributed by atoms with van der Waals surface area (Å²) < 4.78 is 20.1. The number of benzene rings is 1. The molecule has 34 heavy (non-hydrogen) atoms. The predicted molar refractivity (Wildman–Crippen MR) is 125 cm³/mol. The molecule has 6 heteroatoms. The van der Waals surface area contributed by atoms with E-state index in [1.807, 2.05) is 6.92 Å². The summed E-state index contributed by atoms with van der Waals surface area (Å²) in [4.78, 5) is 12.8. The van der Waals surface area contributed by atoms with E-state index in [1.165, 1.54) is 5.56 Å². The number of hydrogen-bond donors (Lipinski definition) is 2. The van der Waals surface area contributed by atoms with Crippen molar-refractivity contribution in [1.82, 2.24) is 0 Å². The molecule has 1 aromatic rings. The molecule has 2 bridgehead atoms. The van der Waals surface area contributed by atoms with E-state index in [0.29, 0.717) is 25.2 Å². The number of ether oxygens (including phenoxy) is 3. The summed E-state index contributed by atoms with van der Waals surface area (Å²) in [6, 6.07) is 2.13. The molecule has 5 aliphatic rings. The van der Waals surface area contributed by atoms with E-state index in [0.717, 1.165) is 28.7 Å². The summed E-state index contributed by atoms with van der Waals surface area (Å²) >= 11 is 0. The first-order valence-electron chi connectivity index (χ1n) is 13.1. The largest absolute Gasteiger partial charge is 0.458 e. The molecule has 0 unspecified atom stereocenters. The van der Waals surface area contributed by atoms with Crippen LogP contribution in [0, 0.1) is 36.0 Å². The molecular weight excluding hydrogens is 432 g/mol. The third kappa shape index (κ3) is 2.63. The smallest absolute Gasteiger partial charge is 0.306 e. The second-order valence-electron chi connectivity index (χ2n) is 12.2. The molecule has 10 atom stereocenters. The molecule has 0 radical (unpaired) electrons. The Kier molecular flexibility index (Phi) is 4.92. The Morgan fingerprint density at radius 2 is 1.88 bits per heavy atom. The lowest BCUT2D eigenvalue weighted by atomic mass is 9.52. The molecule has 2 aliphatic carbocycles. The van der Waals surface area contributed by atoms with Crippen molar-refractivity contribution in [3.8, 4) is 0 Å². The Hall–Kier alpha value is -1.47. The Morgan fingerprint density at radius 1 is 1.15 bits per heavy atom. The lowest BCUT2D eigenvalue weighted by Gasteiger charge is -2.62. The minimum absolute atomic E-state index is 0.0217. The Balaban J connectivity index is 1.63. The van der Waals surface area contributed by atoms with Gasteiger partial charge < -0.3 is 24.4 Å². The van der Waals surface area contributed by atoms with E-state index in [2.05, 4.69) is 40.7 Å². The second-order valence-corrected chi connectivity index (χ2v) is 12.2. The number of fused-ring (bicyclic) bond motifs is 3. The summed E-state index contributed by atoms with van der Waals surface area (Å²) in [7, 11) is 0. The van der Waals surface area contributed by atoms with Gasteiger partial charge in [-0.1, -0.05) is 34.6 Å². The molecule has 3 aliphatic heterocycles. The molecule has 6 nitrogen and oxygen atoms in total. The minimum Gasteiger partial charge on any atom is -0.458 e. The number of hydrogen-bond acceptors (Lipinski definition) is 6. The maximum Gasteiger partial charge on any atom is 0.306 e. The number of carbonyl (C=O) groups is 1. The fraction of sp³-hybridized carbons (Fsp3) is 0.750. The molecule has 0 aromatic heterocycles. The highest BCUT2D eigenvalue weighted by Gasteiger charge is 2.77. The third-order valence-electron chi connectivity index (χ3n) is 10.3. The molecule has 1 spiro atoms. The second kappa shape index (κ2) is 7.28. The van der Waals surface area contributed by atoms with E-state index in [9.17, 15) is 15.0 Å². The quantitative estimate of drug-likeness (QED) is 0.641. The van der Waals surface area contributed by atoms with Gasteiger partial charge in [-0.25, -0.2) is 0 Å². The van der Waals surface area contributed by atoms with Crippen molar-refractivity contribution in [2.24, 2.45) is 29.1 Å². The number of esters is 1. The van der Waals surface area contributed by atoms with Gasteiger partial charge in [0.05, 0.1) is 23.7 Å². The molecule has 0 saturated carbocycles. The average Bonchev–Trinajstić information content (AvgIpc) is 3.16. The van der Waals surface area contributed by atoms with Gasteiger partial charge in [-0.15, -0.1) is 0 Å². The maximum absolute atomic E-state index is 12.8. The summed E-state index contributed by atoms with van der Waals surface area (Å²) in [5.74, 6) is -0.589. The zero-order chi connectivity index (χ0) is 24.3. The maximum atomic E-state index is 12.8. The Bertz CT molecular complexity index is 1050. The number of carbonyl (C=O) groups excluding carboxylic acids is 1. The van der Waals surface area contributed by atoms with Gasteiger partial charge in [0.1, 0.15) is 12.2 Å². The summed E-state index contributed by atoms with van der Waals surface area (Å²) in [5.41, 5.74) is 4.27. The fourth-order valence-electron chi connectivity index (χ4n) is 8.05. The molecule has 2 N–H and O–H groups in total. The van der Waals surface area contributed by atoms with Gasteiger partial charge in [0.2, 0.25) is 5.79 Å². The van der Waals surface area contributed by atoms with Crippen molar-refractivity contribution in [1.29, 1.82) is 0 Å². The van der Waals surface area contributed by atoms with Gasteiger partial charge in [0.25, 0.3) is 0 Å². The molecule has 3 heterocycles. The van der Waals surface area contributed by atoms with E-state index in [1.54, 1.807) is 0 Å². The summed E-state index contributed by atoms with van der Waals surface area (Å²) in [6.45, 7) is 13.0. The third-order valence-corrected chi connectivity index (χ3v) is 10.3. The van der Waals surface area contributed by atoms with Crippen LogP contribution >= 0.6 is 0 Å². The van der Waals surface area contributed by atoms with Crippen molar-refractivity contribution in [2.45, 2.75) is 104 Å². The SMILES string of the molecule is Cc1c2c(cc3c1[C@@H](O)[C@@H]1OC(=O)C[C@@H]4[C@H](C)[C@H]5O[C@]3(O[C@@H]5[C@H](C)C(C)C)[C@@]41C)C[C@@H](O)CC2.